The summed E-state index contributed by atoms with van der Waals surface area (Å²) < 4.78 is 5.81. The lowest BCUT2D eigenvalue weighted by molar-refractivity contribution is -0.151. The maximum atomic E-state index is 13.5. The molecule has 0 aromatic heterocycles. The molecule has 7 nitrogen and oxygen atoms in total. The number of amides is 2. The summed E-state index contributed by atoms with van der Waals surface area (Å²) in [6.07, 6.45) is 5.60. The van der Waals surface area contributed by atoms with Gasteiger partial charge in [-0.05, 0) is 42.2 Å². The van der Waals surface area contributed by atoms with E-state index in [4.69, 9.17) is 4.74 Å². The summed E-state index contributed by atoms with van der Waals surface area (Å²) in [6, 6.07) is 18.9. The Hall–Kier alpha value is -3.71. The molecule has 0 bridgehead atoms. The SMILES string of the molecule is C=CCC[C@H](Cc1ccccc1)C(=O)OC[C@@H](NC(=O)[C@H](CC=C)CC(=O)N(CCO)Cc1ccccc1)C(C)(C)C. The van der Waals surface area contributed by atoms with E-state index in [9.17, 15) is 19.5 Å². The minimum atomic E-state index is -0.647. The lowest BCUT2D eigenvalue weighted by Crippen LogP contribution is -2.50. The van der Waals surface area contributed by atoms with E-state index in [0.717, 1.165) is 11.1 Å². The van der Waals surface area contributed by atoms with Crippen molar-refractivity contribution in [1.82, 2.24) is 10.2 Å². The molecule has 0 saturated carbocycles. The Morgan fingerprint density at radius 3 is 2.12 bits per heavy atom. The summed E-state index contributed by atoms with van der Waals surface area (Å²) in [5.74, 6) is -1.79. The molecule has 7 heteroatoms. The first-order valence-electron chi connectivity index (χ1n) is 14.7. The molecule has 0 aliphatic carbocycles. The fourth-order valence-electron chi connectivity index (χ4n) is 4.64. The smallest absolute Gasteiger partial charge is 0.309 e. The van der Waals surface area contributed by atoms with Gasteiger partial charge in [-0.3, -0.25) is 14.4 Å². The number of carbonyl (C=O) groups is 3. The molecule has 2 aromatic rings. The van der Waals surface area contributed by atoms with E-state index in [0.29, 0.717) is 32.2 Å². The average Bonchev–Trinajstić information content (AvgIpc) is 2.97. The van der Waals surface area contributed by atoms with Crippen LogP contribution in [0.3, 0.4) is 0 Å². The molecule has 2 rings (SSSR count). The van der Waals surface area contributed by atoms with Crippen LogP contribution in [0.2, 0.25) is 0 Å². The number of nitrogens with zero attached hydrogens (tertiary/aromatic N) is 1. The van der Waals surface area contributed by atoms with E-state index >= 15 is 0 Å². The van der Waals surface area contributed by atoms with Crippen LogP contribution >= 0.6 is 0 Å². The second kappa shape index (κ2) is 18.0. The summed E-state index contributed by atoms with van der Waals surface area (Å²) >= 11 is 0. The van der Waals surface area contributed by atoms with Crippen molar-refractivity contribution in [3.8, 4) is 0 Å². The van der Waals surface area contributed by atoms with Gasteiger partial charge in [0.1, 0.15) is 6.61 Å². The number of ether oxygens (including phenoxy) is 1. The van der Waals surface area contributed by atoms with Gasteiger partial charge in [0.05, 0.1) is 24.5 Å². The maximum Gasteiger partial charge on any atom is 0.309 e. The van der Waals surface area contributed by atoms with E-state index in [1.807, 2.05) is 81.4 Å². The van der Waals surface area contributed by atoms with Crippen LogP contribution in [0.1, 0.15) is 57.6 Å². The van der Waals surface area contributed by atoms with Gasteiger partial charge in [0.15, 0.2) is 0 Å². The summed E-state index contributed by atoms with van der Waals surface area (Å²) in [5, 5.41) is 12.6. The molecule has 0 aliphatic rings. The molecule has 0 aliphatic heterocycles. The van der Waals surface area contributed by atoms with E-state index in [1.54, 1.807) is 17.1 Å². The van der Waals surface area contributed by atoms with E-state index < -0.39 is 17.4 Å². The predicted molar refractivity (Wildman–Crippen MR) is 167 cm³/mol. The molecule has 3 atom stereocenters. The van der Waals surface area contributed by atoms with Gasteiger partial charge in [0.25, 0.3) is 0 Å². The minimum absolute atomic E-state index is 0.0207. The van der Waals surface area contributed by atoms with Crippen LogP contribution in [0.15, 0.2) is 86.0 Å². The lowest BCUT2D eigenvalue weighted by atomic mass is 9.86. The first-order chi connectivity index (χ1) is 20.1. The third-order valence-corrected chi connectivity index (χ3v) is 7.31. The van der Waals surface area contributed by atoms with Gasteiger partial charge in [-0.25, -0.2) is 0 Å². The Balaban J connectivity index is 2.09. The molecule has 0 spiro atoms. The zero-order valence-corrected chi connectivity index (χ0v) is 25.5. The quantitative estimate of drug-likeness (QED) is 0.181. The van der Waals surface area contributed by atoms with Crippen LogP contribution in [-0.2, 0) is 32.1 Å². The summed E-state index contributed by atoms with van der Waals surface area (Å²) in [6.45, 7) is 13.9. The Labute approximate surface area is 251 Å². The van der Waals surface area contributed by atoms with Gasteiger partial charge >= 0.3 is 5.97 Å². The van der Waals surface area contributed by atoms with Gasteiger partial charge in [0.2, 0.25) is 11.8 Å². The molecule has 0 saturated heterocycles. The second-order valence-electron chi connectivity index (χ2n) is 11.8. The van der Waals surface area contributed by atoms with Crippen molar-refractivity contribution in [3.63, 3.8) is 0 Å². The Bertz CT molecular complexity index is 1130. The Morgan fingerprint density at radius 2 is 1.57 bits per heavy atom. The zero-order valence-electron chi connectivity index (χ0n) is 25.5. The number of hydrogen-bond acceptors (Lipinski definition) is 5. The summed E-state index contributed by atoms with van der Waals surface area (Å²) in [5.41, 5.74) is 1.59. The van der Waals surface area contributed by atoms with Crippen LogP contribution < -0.4 is 5.32 Å². The molecule has 0 unspecified atom stereocenters. The minimum Gasteiger partial charge on any atom is -0.463 e. The average molecular weight is 577 g/mol. The van der Waals surface area contributed by atoms with Crippen molar-refractivity contribution < 1.29 is 24.2 Å². The monoisotopic (exact) mass is 576 g/mol. The number of nitrogens with one attached hydrogen (secondary N) is 1. The van der Waals surface area contributed by atoms with Crippen LogP contribution in [0.5, 0.6) is 0 Å². The van der Waals surface area contributed by atoms with Crippen molar-refractivity contribution in [2.45, 2.75) is 65.5 Å². The van der Waals surface area contributed by atoms with Crippen molar-refractivity contribution >= 4 is 17.8 Å². The standard InChI is InChI=1S/C35H48N2O5/c1-6-8-20-30(23-27-16-11-9-12-17-27)34(41)42-26-31(35(3,4)5)36-33(40)29(15-7-2)24-32(39)37(21-22-38)25-28-18-13-10-14-19-28/h6-7,9-14,16-19,29-31,38H,1-2,8,15,20-26H2,3-5H3,(H,36,40)/t29-,30-,31-/m1/s1. The largest absolute Gasteiger partial charge is 0.463 e. The topological polar surface area (TPSA) is 95.9 Å². The zero-order chi connectivity index (χ0) is 31.0. The molecule has 0 heterocycles. The highest BCUT2D eigenvalue weighted by Gasteiger charge is 2.32. The Kier molecular flexibility index (Phi) is 14.7. The third-order valence-electron chi connectivity index (χ3n) is 7.31. The number of carbonyl (C=O) groups excluding carboxylic acids is 3. The Morgan fingerprint density at radius 1 is 0.952 bits per heavy atom. The number of aliphatic hydroxyl groups is 1. The van der Waals surface area contributed by atoms with Crippen LogP contribution in [0.25, 0.3) is 0 Å². The number of aliphatic hydroxyl groups excluding tert-OH is 1. The lowest BCUT2D eigenvalue weighted by Gasteiger charge is -2.33. The van der Waals surface area contributed by atoms with Crippen molar-refractivity contribution in [2.24, 2.45) is 17.3 Å². The normalized spacial score (nSPS) is 13.3. The number of allylic oxidation sites excluding steroid dienone is 2. The number of rotatable bonds is 18. The van der Waals surface area contributed by atoms with Crippen molar-refractivity contribution in [3.05, 3.63) is 97.1 Å². The molecule has 2 aromatic carbocycles. The molecule has 228 valence electrons. The van der Waals surface area contributed by atoms with Crippen LogP contribution in [-0.4, -0.2) is 53.6 Å². The third kappa shape index (κ3) is 12.0. The van der Waals surface area contributed by atoms with E-state index in [-0.39, 0.29) is 49.9 Å². The highest BCUT2D eigenvalue weighted by Crippen LogP contribution is 2.23. The first kappa shape index (κ1) is 34.5. The maximum absolute atomic E-state index is 13.5. The number of esters is 1. The van der Waals surface area contributed by atoms with Crippen LogP contribution in [0, 0.1) is 17.3 Å². The molecule has 2 amide bonds. The van der Waals surface area contributed by atoms with Crippen molar-refractivity contribution in [1.29, 1.82) is 0 Å². The number of hydrogen-bond donors (Lipinski definition) is 2. The van der Waals surface area contributed by atoms with Gasteiger partial charge in [0, 0.05) is 19.5 Å². The van der Waals surface area contributed by atoms with Gasteiger partial charge in [-0.15, -0.1) is 13.2 Å². The molecule has 42 heavy (non-hydrogen) atoms. The van der Waals surface area contributed by atoms with Crippen LogP contribution in [0.4, 0.5) is 0 Å². The molecular weight excluding hydrogens is 528 g/mol. The fourth-order valence-corrected chi connectivity index (χ4v) is 4.64. The van der Waals surface area contributed by atoms with E-state index in [1.165, 1.54) is 0 Å². The van der Waals surface area contributed by atoms with Gasteiger partial charge < -0.3 is 20.1 Å². The molecule has 2 N–H and O–H groups in total. The highest BCUT2D eigenvalue weighted by molar-refractivity contribution is 5.86. The molecule has 0 fully saturated rings. The number of benzene rings is 2. The fraction of sp³-hybridized carbons (Fsp3) is 0.457. The van der Waals surface area contributed by atoms with E-state index in [2.05, 4.69) is 18.5 Å². The van der Waals surface area contributed by atoms with Gasteiger partial charge in [-0.1, -0.05) is 93.6 Å². The first-order valence-corrected chi connectivity index (χ1v) is 14.7. The second-order valence-corrected chi connectivity index (χ2v) is 11.8. The van der Waals surface area contributed by atoms with Crippen molar-refractivity contribution in [2.75, 3.05) is 19.8 Å². The van der Waals surface area contributed by atoms with Gasteiger partial charge in [-0.2, -0.15) is 0 Å². The molecular formula is C35H48N2O5. The molecule has 0 radical (unpaired) electrons. The summed E-state index contributed by atoms with van der Waals surface area (Å²) in [7, 11) is 0. The summed E-state index contributed by atoms with van der Waals surface area (Å²) in [4.78, 5) is 41.5. The predicted octanol–water partition coefficient (Wildman–Crippen LogP) is 5.49. The highest BCUT2D eigenvalue weighted by atomic mass is 16.5.